The average molecular weight is 228 g/mol. The number of nitrogen functional groups attached to an aromatic ring is 1. The minimum atomic E-state index is 0.729. The van der Waals surface area contributed by atoms with Gasteiger partial charge in [0.15, 0.2) is 0 Å². The fraction of sp³-hybridized carbons (Fsp3) is 0.0714. The highest BCUT2D eigenvalue weighted by Crippen LogP contribution is 2.14. The van der Waals surface area contributed by atoms with E-state index in [0.29, 0.717) is 0 Å². The van der Waals surface area contributed by atoms with Gasteiger partial charge in [0.1, 0.15) is 6.29 Å². The van der Waals surface area contributed by atoms with Crippen molar-refractivity contribution in [2.24, 2.45) is 0 Å². The van der Waals surface area contributed by atoms with Gasteiger partial charge in [-0.25, -0.2) is 0 Å². The van der Waals surface area contributed by atoms with Gasteiger partial charge >= 0.3 is 0 Å². The van der Waals surface area contributed by atoms with Gasteiger partial charge < -0.3 is 11.1 Å². The number of nitrogens with one attached hydrogen (secondary N) is 1. The maximum Gasteiger partial charge on any atom is 0.150 e. The molecule has 0 aliphatic carbocycles. The zero-order valence-electron chi connectivity index (χ0n) is 9.76. The summed E-state index contributed by atoms with van der Waals surface area (Å²) < 4.78 is 0. The van der Waals surface area contributed by atoms with Gasteiger partial charge in [-0.2, -0.15) is 0 Å². The fourth-order valence-electron chi connectivity index (χ4n) is 1.26. The summed E-state index contributed by atoms with van der Waals surface area (Å²) in [5, 5.41) is 2.97. The lowest BCUT2D eigenvalue weighted by atomic mass is 10.2. The van der Waals surface area contributed by atoms with E-state index >= 15 is 0 Å². The van der Waals surface area contributed by atoms with Crippen LogP contribution in [0.15, 0.2) is 54.6 Å². The maximum absolute atomic E-state index is 10.0. The quantitative estimate of drug-likeness (QED) is 0.614. The molecule has 3 N–H and O–H groups in total. The molecule has 0 aromatic heterocycles. The van der Waals surface area contributed by atoms with Gasteiger partial charge in [0.25, 0.3) is 0 Å². The largest absolute Gasteiger partial charge is 0.397 e. The number of hydrogen-bond donors (Lipinski definition) is 2. The lowest BCUT2D eigenvalue weighted by Gasteiger charge is -2.01. The highest BCUT2D eigenvalue weighted by molar-refractivity contribution is 5.74. The molecule has 0 radical (unpaired) electrons. The van der Waals surface area contributed by atoms with E-state index in [4.69, 9.17) is 5.73 Å². The predicted octanol–water partition coefficient (Wildman–Crippen LogP) is 2.81. The van der Waals surface area contributed by atoms with Gasteiger partial charge in [-0.05, 0) is 12.1 Å². The molecule has 0 fully saturated rings. The highest BCUT2D eigenvalue weighted by atomic mass is 16.1. The van der Waals surface area contributed by atoms with E-state index in [0.717, 1.165) is 23.2 Å². The first-order valence-electron chi connectivity index (χ1n) is 5.30. The molecule has 3 heteroatoms. The summed E-state index contributed by atoms with van der Waals surface area (Å²) in [5.41, 5.74) is 8.07. The Balaban J connectivity index is 0.000000171. The Kier molecular flexibility index (Phi) is 5.31. The van der Waals surface area contributed by atoms with Gasteiger partial charge in [-0.3, -0.25) is 4.79 Å². The Morgan fingerprint density at radius 3 is 2.00 bits per heavy atom. The molecule has 2 aromatic rings. The number of carbonyl (C=O) groups is 1. The van der Waals surface area contributed by atoms with Crippen molar-refractivity contribution in [3.8, 4) is 0 Å². The molecule has 2 aromatic carbocycles. The van der Waals surface area contributed by atoms with Crippen LogP contribution in [0.4, 0.5) is 11.4 Å². The first-order valence-corrected chi connectivity index (χ1v) is 5.30. The second-order valence-corrected chi connectivity index (χ2v) is 3.37. The van der Waals surface area contributed by atoms with Crippen molar-refractivity contribution in [3.05, 3.63) is 60.2 Å². The minimum Gasteiger partial charge on any atom is -0.397 e. The summed E-state index contributed by atoms with van der Waals surface area (Å²) in [5.74, 6) is 0. The van der Waals surface area contributed by atoms with Crippen molar-refractivity contribution in [2.45, 2.75) is 0 Å². The molecule has 0 aliphatic heterocycles. The summed E-state index contributed by atoms with van der Waals surface area (Å²) in [6.07, 6.45) is 0.833. The SMILES string of the molecule is CNc1ccccc1N.O=Cc1ccccc1. The Labute approximate surface area is 101 Å². The van der Waals surface area contributed by atoms with Crippen LogP contribution in [0.2, 0.25) is 0 Å². The number of rotatable bonds is 2. The van der Waals surface area contributed by atoms with Crippen molar-refractivity contribution in [1.29, 1.82) is 0 Å². The number of benzene rings is 2. The molecule has 0 saturated heterocycles. The number of aldehydes is 1. The predicted molar refractivity (Wildman–Crippen MR) is 72.2 cm³/mol. The molecule has 0 atom stereocenters. The Bertz CT molecular complexity index is 455. The molecule has 0 bridgehead atoms. The molecule has 2 rings (SSSR count). The van der Waals surface area contributed by atoms with Crippen molar-refractivity contribution < 1.29 is 4.79 Å². The van der Waals surface area contributed by atoms with Gasteiger partial charge in [0.05, 0.1) is 11.4 Å². The van der Waals surface area contributed by atoms with Crippen LogP contribution < -0.4 is 11.1 Å². The van der Waals surface area contributed by atoms with Gasteiger partial charge in [-0.15, -0.1) is 0 Å². The monoisotopic (exact) mass is 228 g/mol. The third kappa shape index (κ3) is 4.38. The van der Waals surface area contributed by atoms with E-state index in [1.54, 1.807) is 12.1 Å². The topological polar surface area (TPSA) is 55.1 Å². The van der Waals surface area contributed by atoms with Crippen molar-refractivity contribution in [3.63, 3.8) is 0 Å². The summed E-state index contributed by atoms with van der Waals surface area (Å²) in [6.45, 7) is 0. The molecule has 0 heterocycles. The van der Waals surface area contributed by atoms with Crippen LogP contribution in [0, 0.1) is 0 Å². The normalized spacial score (nSPS) is 8.76. The molecule has 3 nitrogen and oxygen atoms in total. The van der Waals surface area contributed by atoms with Crippen LogP contribution in [-0.2, 0) is 0 Å². The van der Waals surface area contributed by atoms with Gasteiger partial charge in [-0.1, -0.05) is 42.5 Å². The first kappa shape index (κ1) is 12.8. The zero-order valence-corrected chi connectivity index (χ0v) is 9.76. The zero-order chi connectivity index (χ0) is 12.5. The van der Waals surface area contributed by atoms with Crippen LogP contribution in [-0.4, -0.2) is 13.3 Å². The lowest BCUT2D eigenvalue weighted by Crippen LogP contribution is -1.93. The van der Waals surface area contributed by atoms with E-state index in [2.05, 4.69) is 5.32 Å². The number of para-hydroxylation sites is 2. The second kappa shape index (κ2) is 7.06. The maximum atomic E-state index is 10.0. The van der Waals surface area contributed by atoms with Gasteiger partial charge in [0, 0.05) is 12.6 Å². The average Bonchev–Trinajstić information content (AvgIpc) is 2.41. The standard InChI is InChI=1S/C7H10N2.C7H6O/c1-9-7-5-3-2-4-6(7)8;8-6-7-4-2-1-3-5-7/h2-5,9H,8H2,1H3;1-6H. The number of anilines is 2. The summed E-state index contributed by atoms with van der Waals surface area (Å²) >= 11 is 0. The van der Waals surface area contributed by atoms with Gasteiger partial charge in [0.2, 0.25) is 0 Å². The number of hydrogen-bond acceptors (Lipinski definition) is 3. The molecule has 0 amide bonds. The van der Waals surface area contributed by atoms with Crippen LogP contribution in [0.1, 0.15) is 10.4 Å². The summed E-state index contributed by atoms with van der Waals surface area (Å²) in [4.78, 5) is 10.0. The Morgan fingerprint density at radius 2 is 1.59 bits per heavy atom. The third-order valence-corrected chi connectivity index (χ3v) is 2.17. The van der Waals surface area contributed by atoms with E-state index in [1.807, 2.05) is 49.5 Å². The molecule has 0 saturated carbocycles. The van der Waals surface area contributed by atoms with Crippen molar-refractivity contribution in [1.82, 2.24) is 0 Å². The van der Waals surface area contributed by atoms with Crippen molar-refractivity contribution >= 4 is 17.7 Å². The number of carbonyl (C=O) groups excluding carboxylic acids is 1. The molecule has 0 aliphatic rings. The first-order chi connectivity index (χ1) is 8.27. The fourth-order valence-corrected chi connectivity index (χ4v) is 1.26. The van der Waals surface area contributed by atoms with E-state index in [1.165, 1.54) is 0 Å². The lowest BCUT2D eigenvalue weighted by molar-refractivity contribution is 0.112. The Hall–Kier alpha value is -2.29. The molecular formula is C14H16N2O. The smallest absolute Gasteiger partial charge is 0.150 e. The highest BCUT2D eigenvalue weighted by Gasteiger charge is 1.89. The van der Waals surface area contributed by atoms with E-state index in [-0.39, 0.29) is 0 Å². The van der Waals surface area contributed by atoms with Crippen LogP contribution in [0.25, 0.3) is 0 Å². The number of nitrogens with two attached hydrogens (primary N) is 1. The Morgan fingerprint density at radius 1 is 1.00 bits per heavy atom. The van der Waals surface area contributed by atoms with Crippen LogP contribution >= 0.6 is 0 Å². The van der Waals surface area contributed by atoms with Crippen LogP contribution in [0.5, 0.6) is 0 Å². The van der Waals surface area contributed by atoms with Crippen molar-refractivity contribution in [2.75, 3.05) is 18.1 Å². The molecular weight excluding hydrogens is 212 g/mol. The summed E-state index contributed by atoms with van der Waals surface area (Å²) in [7, 11) is 1.85. The third-order valence-electron chi connectivity index (χ3n) is 2.17. The molecule has 17 heavy (non-hydrogen) atoms. The van der Waals surface area contributed by atoms with Crippen LogP contribution in [0.3, 0.4) is 0 Å². The molecule has 88 valence electrons. The van der Waals surface area contributed by atoms with E-state index < -0.39 is 0 Å². The summed E-state index contributed by atoms with van der Waals surface area (Å²) in [6, 6.07) is 16.8. The molecule has 0 spiro atoms. The van der Waals surface area contributed by atoms with E-state index in [9.17, 15) is 4.79 Å². The molecule has 0 unspecified atom stereocenters. The minimum absolute atomic E-state index is 0.729. The second-order valence-electron chi connectivity index (χ2n) is 3.37.